The molecule has 0 amide bonds. The monoisotopic (exact) mass is 207 g/mol. The Bertz CT molecular complexity index is 271. The Labute approximate surface area is 90.5 Å². The molecule has 0 spiro atoms. The largest absolute Gasteiger partial charge is 0.314 e. The lowest BCUT2D eigenvalue weighted by Crippen LogP contribution is -2.28. The first-order chi connectivity index (χ1) is 6.83. The maximum atomic E-state index is 5.18. The third kappa shape index (κ3) is 4.45. The zero-order chi connectivity index (χ0) is 10.2. The lowest BCUT2D eigenvalue weighted by molar-refractivity contribution is 0.538. The van der Waals surface area contributed by atoms with E-state index in [2.05, 4.69) is 35.0 Å². The van der Waals surface area contributed by atoms with Crippen LogP contribution in [0.4, 0.5) is 0 Å². The van der Waals surface area contributed by atoms with Crippen molar-refractivity contribution in [2.45, 2.75) is 32.2 Å². The molecule has 1 nitrogen and oxygen atoms in total. The van der Waals surface area contributed by atoms with E-state index in [4.69, 9.17) is 6.42 Å². The summed E-state index contributed by atoms with van der Waals surface area (Å²) in [5.74, 6) is 2.65. The molecule has 14 heavy (non-hydrogen) atoms. The van der Waals surface area contributed by atoms with Crippen LogP contribution in [0.15, 0.2) is 16.8 Å². The van der Waals surface area contributed by atoms with E-state index in [0.717, 1.165) is 25.8 Å². The van der Waals surface area contributed by atoms with Crippen molar-refractivity contribution in [3.63, 3.8) is 0 Å². The van der Waals surface area contributed by atoms with Crippen LogP contribution in [0.25, 0.3) is 0 Å². The van der Waals surface area contributed by atoms with Crippen molar-refractivity contribution in [2.24, 2.45) is 0 Å². The van der Waals surface area contributed by atoms with E-state index in [-0.39, 0.29) is 0 Å². The molecule has 0 radical (unpaired) electrons. The Balaban J connectivity index is 2.11. The molecule has 0 saturated heterocycles. The Morgan fingerprint density at radius 1 is 1.64 bits per heavy atom. The van der Waals surface area contributed by atoms with Gasteiger partial charge >= 0.3 is 0 Å². The first-order valence-electron chi connectivity index (χ1n) is 5.01. The van der Waals surface area contributed by atoms with E-state index in [1.165, 1.54) is 5.56 Å². The minimum Gasteiger partial charge on any atom is -0.314 e. The summed E-state index contributed by atoms with van der Waals surface area (Å²) in [7, 11) is 0. The third-order valence-corrected chi connectivity index (χ3v) is 2.84. The van der Waals surface area contributed by atoms with Gasteiger partial charge in [-0.05, 0) is 48.7 Å². The Morgan fingerprint density at radius 3 is 3.14 bits per heavy atom. The molecule has 0 aliphatic carbocycles. The number of hydrogen-bond donors (Lipinski definition) is 1. The van der Waals surface area contributed by atoms with Crippen LogP contribution < -0.4 is 5.32 Å². The molecule has 0 fully saturated rings. The molecule has 76 valence electrons. The normalized spacial score (nSPS) is 12.3. The molecule has 0 aromatic carbocycles. The van der Waals surface area contributed by atoms with Crippen LogP contribution in [0.1, 0.15) is 25.3 Å². The van der Waals surface area contributed by atoms with Gasteiger partial charge in [-0.2, -0.15) is 11.3 Å². The number of nitrogens with one attached hydrogen (secondary N) is 1. The van der Waals surface area contributed by atoms with Gasteiger partial charge in [0.15, 0.2) is 0 Å². The summed E-state index contributed by atoms with van der Waals surface area (Å²) in [5, 5.41) is 7.80. The quantitative estimate of drug-likeness (QED) is 0.558. The second kappa shape index (κ2) is 6.64. The minimum atomic E-state index is 0.544. The van der Waals surface area contributed by atoms with Gasteiger partial charge in [0.1, 0.15) is 0 Å². The second-order valence-corrected chi connectivity index (χ2v) is 4.28. The van der Waals surface area contributed by atoms with Crippen molar-refractivity contribution in [3.8, 4) is 12.3 Å². The number of rotatable bonds is 6. The fourth-order valence-electron chi connectivity index (χ4n) is 1.37. The van der Waals surface area contributed by atoms with E-state index >= 15 is 0 Å². The summed E-state index contributed by atoms with van der Waals surface area (Å²) < 4.78 is 0. The molecule has 1 unspecified atom stereocenters. The SMILES string of the molecule is C#CCCCNC(C)Cc1ccsc1. The van der Waals surface area contributed by atoms with Crippen LogP contribution in [-0.2, 0) is 6.42 Å². The van der Waals surface area contributed by atoms with Gasteiger partial charge in [-0.3, -0.25) is 0 Å². The summed E-state index contributed by atoms with van der Waals surface area (Å²) >= 11 is 1.76. The van der Waals surface area contributed by atoms with Crippen LogP contribution in [0.3, 0.4) is 0 Å². The van der Waals surface area contributed by atoms with Crippen LogP contribution in [-0.4, -0.2) is 12.6 Å². The average molecular weight is 207 g/mol. The predicted molar refractivity (Wildman–Crippen MR) is 63.6 cm³/mol. The standard InChI is InChI=1S/C12H17NS/c1-3-4-5-7-13-11(2)9-12-6-8-14-10-12/h1,6,8,10-11,13H,4-5,7,9H2,2H3. The van der Waals surface area contributed by atoms with Crippen LogP contribution in [0, 0.1) is 12.3 Å². The Kier molecular flexibility index (Phi) is 5.36. The molecular weight excluding hydrogens is 190 g/mol. The molecule has 1 rings (SSSR count). The first kappa shape index (κ1) is 11.3. The minimum absolute atomic E-state index is 0.544. The van der Waals surface area contributed by atoms with E-state index in [1.54, 1.807) is 11.3 Å². The van der Waals surface area contributed by atoms with Crippen molar-refractivity contribution in [1.29, 1.82) is 0 Å². The van der Waals surface area contributed by atoms with E-state index < -0.39 is 0 Å². The zero-order valence-electron chi connectivity index (χ0n) is 8.62. The molecule has 1 N–H and O–H groups in total. The molecule has 1 aromatic heterocycles. The maximum absolute atomic E-state index is 5.18. The molecule has 2 heteroatoms. The third-order valence-electron chi connectivity index (χ3n) is 2.11. The highest BCUT2D eigenvalue weighted by Gasteiger charge is 2.01. The summed E-state index contributed by atoms with van der Waals surface area (Å²) in [4.78, 5) is 0. The van der Waals surface area contributed by atoms with Crippen molar-refractivity contribution in [2.75, 3.05) is 6.54 Å². The number of terminal acetylenes is 1. The number of hydrogen-bond acceptors (Lipinski definition) is 2. The second-order valence-electron chi connectivity index (χ2n) is 3.50. The number of unbranched alkanes of at least 4 members (excludes halogenated alkanes) is 1. The number of thiophene rings is 1. The highest BCUT2D eigenvalue weighted by molar-refractivity contribution is 7.07. The van der Waals surface area contributed by atoms with Gasteiger partial charge in [-0.25, -0.2) is 0 Å². The lowest BCUT2D eigenvalue weighted by atomic mass is 10.1. The van der Waals surface area contributed by atoms with Gasteiger partial charge in [0.25, 0.3) is 0 Å². The Hall–Kier alpha value is -0.780. The topological polar surface area (TPSA) is 12.0 Å². The fourth-order valence-corrected chi connectivity index (χ4v) is 2.05. The molecule has 0 aliphatic heterocycles. The zero-order valence-corrected chi connectivity index (χ0v) is 9.44. The van der Waals surface area contributed by atoms with Gasteiger partial charge in [0, 0.05) is 12.5 Å². The molecule has 0 aliphatic rings. The molecule has 1 atom stereocenters. The molecule has 1 heterocycles. The van der Waals surface area contributed by atoms with Gasteiger partial charge in [0.05, 0.1) is 0 Å². The summed E-state index contributed by atoms with van der Waals surface area (Å²) in [5.41, 5.74) is 1.42. The van der Waals surface area contributed by atoms with Crippen molar-refractivity contribution >= 4 is 11.3 Å². The van der Waals surface area contributed by atoms with Crippen molar-refractivity contribution in [1.82, 2.24) is 5.32 Å². The predicted octanol–water partition coefficient (Wildman–Crippen LogP) is 2.68. The highest BCUT2D eigenvalue weighted by atomic mass is 32.1. The van der Waals surface area contributed by atoms with Crippen LogP contribution in [0.5, 0.6) is 0 Å². The maximum Gasteiger partial charge on any atom is 0.00981 e. The summed E-state index contributed by atoms with van der Waals surface area (Å²) in [6.45, 7) is 3.24. The molecule has 0 bridgehead atoms. The van der Waals surface area contributed by atoms with Gasteiger partial charge < -0.3 is 5.32 Å². The van der Waals surface area contributed by atoms with E-state index in [9.17, 15) is 0 Å². The summed E-state index contributed by atoms with van der Waals surface area (Å²) in [6.07, 6.45) is 8.24. The highest BCUT2D eigenvalue weighted by Crippen LogP contribution is 2.08. The summed E-state index contributed by atoms with van der Waals surface area (Å²) in [6, 6.07) is 2.73. The smallest absolute Gasteiger partial charge is 0.00981 e. The van der Waals surface area contributed by atoms with Crippen molar-refractivity contribution in [3.05, 3.63) is 22.4 Å². The van der Waals surface area contributed by atoms with E-state index in [0.29, 0.717) is 6.04 Å². The van der Waals surface area contributed by atoms with Crippen LogP contribution >= 0.6 is 11.3 Å². The van der Waals surface area contributed by atoms with Crippen LogP contribution in [0.2, 0.25) is 0 Å². The van der Waals surface area contributed by atoms with Crippen molar-refractivity contribution < 1.29 is 0 Å². The lowest BCUT2D eigenvalue weighted by Gasteiger charge is -2.11. The van der Waals surface area contributed by atoms with Gasteiger partial charge in [-0.15, -0.1) is 12.3 Å². The van der Waals surface area contributed by atoms with Gasteiger partial charge in [-0.1, -0.05) is 0 Å². The Morgan fingerprint density at radius 2 is 2.50 bits per heavy atom. The molecule has 1 aromatic rings. The fraction of sp³-hybridized carbons (Fsp3) is 0.500. The van der Waals surface area contributed by atoms with E-state index in [1.807, 2.05) is 0 Å². The molecular formula is C12H17NS. The molecule has 0 saturated carbocycles. The average Bonchev–Trinajstić information content (AvgIpc) is 2.65. The first-order valence-corrected chi connectivity index (χ1v) is 5.95. The van der Waals surface area contributed by atoms with Gasteiger partial charge in [0.2, 0.25) is 0 Å².